The zero-order valence-electron chi connectivity index (χ0n) is 10.2. The number of aromatic nitrogens is 1. The van der Waals surface area contributed by atoms with Gasteiger partial charge in [-0.2, -0.15) is 0 Å². The average Bonchev–Trinajstić information content (AvgIpc) is 3.03. The van der Waals surface area contributed by atoms with Gasteiger partial charge < -0.3 is 9.52 Å². The van der Waals surface area contributed by atoms with Gasteiger partial charge in [-0.15, -0.1) is 11.3 Å². The number of carboxylic acids is 1. The van der Waals surface area contributed by atoms with Crippen LogP contribution in [0.4, 0.5) is 0 Å². The quantitative estimate of drug-likeness (QED) is 0.788. The molecule has 2 aromatic heterocycles. The lowest BCUT2D eigenvalue weighted by Gasteiger charge is -1.94. The van der Waals surface area contributed by atoms with Crippen LogP contribution in [0.25, 0.3) is 21.9 Å². The zero-order chi connectivity index (χ0) is 13.4. The first-order chi connectivity index (χ1) is 9.19. The molecule has 0 aliphatic rings. The maximum absolute atomic E-state index is 10.9. The van der Waals surface area contributed by atoms with E-state index in [1.54, 1.807) is 17.4 Å². The first kappa shape index (κ1) is 11.9. The van der Waals surface area contributed by atoms with E-state index in [-0.39, 0.29) is 5.56 Å². The summed E-state index contributed by atoms with van der Waals surface area (Å²) in [7, 11) is 0. The van der Waals surface area contributed by atoms with Crippen molar-refractivity contribution >= 4 is 28.4 Å². The molecule has 0 saturated heterocycles. The highest BCUT2D eigenvalue weighted by Crippen LogP contribution is 2.32. The summed E-state index contributed by atoms with van der Waals surface area (Å²) in [5.41, 5.74) is 2.58. The Morgan fingerprint density at radius 2 is 2.26 bits per heavy atom. The molecule has 0 aliphatic carbocycles. The first-order valence-electron chi connectivity index (χ1n) is 5.89. The molecule has 5 heteroatoms. The number of benzene rings is 1. The number of aryl methyl sites for hydroxylation is 1. The molecule has 1 N–H and O–H groups in total. The second kappa shape index (κ2) is 4.51. The van der Waals surface area contributed by atoms with Crippen LogP contribution in [0.3, 0.4) is 0 Å². The van der Waals surface area contributed by atoms with Crippen LogP contribution in [0.15, 0.2) is 34.1 Å². The van der Waals surface area contributed by atoms with Crippen molar-refractivity contribution in [3.05, 3.63) is 40.8 Å². The number of aromatic carboxylic acids is 1. The van der Waals surface area contributed by atoms with Gasteiger partial charge in [-0.05, 0) is 41.6 Å². The van der Waals surface area contributed by atoms with Gasteiger partial charge in [-0.3, -0.25) is 0 Å². The van der Waals surface area contributed by atoms with E-state index in [1.165, 1.54) is 17.7 Å². The van der Waals surface area contributed by atoms with Crippen LogP contribution in [0.5, 0.6) is 0 Å². The third-order valence-electron chi connectivity index (χ3n) is 2.96. The fourth-order valence-corrected chi connectivity index (χ4v) is 2.88. The van der Waals surface area contributed by atoms with Gasteiger partial charge in [0, 0.05) is 0 Å². The number of thiophene rings is 1. The molecule has 96 valence electrons. The van der Waals surface area contributed by atoms with Crippen molar-refractivity contribution in [2.24, 2.45) is 0 Å². The van der Waals surface area contributed by atoms with Gasteiger partial charge in [0.2, 0.25) is 5.89 Å². The molecule has 0 aliphatic heterocycles. The van der Waals surface area contributed by atoms with Gasteiger partial charge in [0.15, 0.2) is 5.58 Å². The van der Waals surface area contributed by atoms with E-state index in [2.05, 4.69) is 18.0 Å². The Labute approximate surface area is 113 Å². The van der Waals surface area contributed by atoms with E-state index in [1.807, 2.05) is 5.38 Å². The summed E-state index contributed by atoms with van der Waals surface area (Å²) in [6.45, 7) is 2.08. The number of oxazole rings is 1. The van der Waals surface area contributed by atoms with Crippen molar-refractivity contribution in [3.63, 3.8) is 0 Å². The summed E-state index contributed by atoms with van der Waals surface area (Å²) in [4.78, 5) is 16.3. The molecular weight excluding hydrogens is 262 g/mol. The van der Waals surface area contributed by atoms with Crippen LogP contribution in [0.2, 0.25) is 0 Å². The number of rotatable bonds is 3. The summed E-state index contributed by atoms with van der Waals surface area (Å²) >= 11 is 1.58. The predicted molar refractivity (Wildman–Crippen MR) is 73.7 cm³/mol. The summed E-state index contributed by atoms with van der Waals surface area (Å²) in [6, 6.07) is 6.77. The fraction of sp³-hybridized carbons (Fsp3) is 0.143. The molecule has 0 unspecified atom stereocenters. The zero-order valence-corrected chi connectivity index (χ0v) is 11.0. The Bertz CT molecular complexity index is 757. The Morgan fingerprint density at radius 3 is 3.00 bits per heavy atom. The smallest absolute Gasteiger partial charge is 0.335 e. The Kier molecular flexibility index (Phi) is 2.83. The molecule has 0 amide bonds. The molecule has 0 fully saturated rings. The monoisotopic (exact) mass is 273 g/mol. The van der Waals surface area contributed by atoms with Gasteiger partial charge in [0.1, 0.15) is 5.52 Å². The SMILES string of the molecule is CCc1ccsc1-c1nc2ccc(C(=O)O)cc2o1. The third-order valence-corrected chi connectivity index (χ3v) is 3.90. The second-order valence-electron chi connectivity index (χ2n) is 4.14. The Morgan fingerprint density at radius 1 is 1.42 bits per heavy atom. The summed E-state index contributed by atoms with van der Waals surface area (Å²) in [6.07, 6.45) is 0.915. The third kappa shape index (κ3) is 2.02. The molecule has 19 heavy (non-hydrogen) atoms. The van der Waals surface area contributed by atoms with Gasteiger partial charge in [-0.25, -0.2) is 9.78 Å². The van der Waals surface area contributed by atoms with Crippen molar-refractivity contribution in [3.8, 4) is 10.8 Å². The van der Waals surface area contributed by atoms with Crippen molar-refractivity contribution in [1.82, 2.24) is 4.98 Å². The molecule has 3 aromatic rings. The number of nitrogens with zero attached hydrogens (tertiary/aromatic N) is 1. The van der Waals surface area contributed by atoms with Crippen LogP contribution < -0.4 is 0 Å². The predicted octanol–water partition coefficient (Wildman–Crippen LogP) is 3.82. The maximum atomic E-state index is 10.9. The number of carboxylic acid groups (broad SMARTS) is 1. The molecule has 0 radical (unpaired) electrons. The van der Waals surface area contributed by atoms with Crippen molar-refractivity contribution in [1.29, 1.82) is 0 Å². The Hall–Kier alpha value is -2.14. The van der Waals surface area contributed by atoms with Crippen LogP contribution in [0, 0.1) is 0 Å². The number of hydrogen-bond donors (Lipinski definition) is 1. The molecular formula is C14H11NO3S. The lowest BCUT2D eigenvalue weighted by molar-refractivity contribution is 0.0697. The maximum Gasteiger partial charge on any atom is 0.335 e. The highest BCUT2D eigenvalue weighted by Gasteiger charge is 2.14. The topological polar surface area (TPSA) is 63.3 Å². The van der Waals surface area contributed by atoms with Gasteiger partial charge in [-0.1, -0.05) is 6.92 Å². The van der Waals surface area contributed by atoms with E-state index in [4.69, 9.17) is 9.52 Å². The van der Waals surface area contributed by atoms with Gasteiger partial charge in [0.05, 0.1) is 10.4 Å². The summed E-state index contributed by atoms with van der Waals surface area (Å²) in [5.74, 6) is -0.408. The van der Waals surface area contributed by atoms with E-state index in [9.17, 15) is 4.79 Å². The van der Waals surface area contributed by atoms with Gasteiger partial charge >= 0.3 is 5.97 Å². The van der Waals surface area contributed by atoms with E-state index >= 15 is 0 Å². The normalized spacial score (nSPS) is 11.0. The number of hydrogen-bond acceptors (Lipinski definition) is 4. The van der Waals surface area contributed by atoms with Crippen molar-refractivity contribution < 1.29 is 14.3 Å². The fourth-order valence-electron chi connectivity index (χ4n) is 1.96. The molecule has 0 saturated carbocycles. The van der Waals surface area contributed by atoms with Crippen LogP contribution in [-0.2, 0) is 6.42 Å². The molecule has 0 spiro atoms. The summed E-state index contributed by atoms with van der Waals surface area (Å²) in [5, 5.41) is 11.0. The molecule has 3 rings (SSSR count). The van der Waals surface area contributed by atoms with E-state index in [0.29, 0.717) is 17.0 Å². The van der Waals surface area contributed by atoms with Crippen LogP contribution in [0.1, 0.15) is 22.8 Å². The lowest BCUT2D eigenvalue weighted by atomic mass is 10.2. The molecule has 0 atom stereocenters. The minimum Gasteiger partial charge on any atom is -0.478 e. The lowest BCUT2D eigenvalue weighted by Crippen LogP contribution is -1.94. The Balaban J connectivity index is 2.14. The molecule has 2 heterocycles. The van der Waals surface area contributed by atoms with Gasteiger partial charge in [0.25, 0.3) is 0 Å². The highest BCUT2D eigenvalue weighted by atomic mass is 32.1. The minimum absolute atomic E-state index is 0.206. The number of fused-ring (bicyclic) bond motifs is 1. The van der Waals surface area contributed by atoms with Crippen LogP contribution >= 0.6 is 11.3 Å². The largest absolute Gasteiger partial charge is 0.478 e. The molecule has 1 aromatic carbocycles. The molecule has 0 bridgehead atoms. The van der Waals surface area contributed by atoms with Crippen molar-refractivity contribution in [2.75, 3.05) is 0 Å². The molecule has 4 nitrogen and oxygen atoms in total. The second-order valence-corrected chi connectivity index (χ2v) is 5.05. The van der Waals surface area contributed by atoms with E-state index in [0.717, 1.165) is 11.3 Å². The van der Waals surface area contributed by atoms with Crippen molar-refractivity contribution in [2.45, 2.75) is 13.3 Å². The highest BCUT2D eigenvalue weighted by molar-refractivity contribution is 7.13. The van der Waals surface area contributed by atoms with E-state index < -0.39 is 5.97 Å². The van der Waals surface area contributed by atoms with Crippen LogP contribution in [-0.4, -0.2) is 16.1 Å². The first-order valence-corrected chi connectivity index (χ1v) is 6.77. The standard InChI is InChI=1S/C14H11NO3S/c1-2-8-5-6-19-12(8)13-15-10-4-3-9(14(16)17)7-11(10)18-13/h3-7H,2H2,1H3,(H,16,17). The summed E-state index contributed by atoms with van der Waals surface area (Å²) < 4.78 is 5.68. The number of carbonyl (C=O) groups is 1. The minimum atomic E-state index is -0.967. The average molecular weight is 273 g/mol.